The zero-order valence-corrected chi connectivity index (χ0v) is 8.95. The van der Waals surface area contributed by atoms with E-state index >= 15 is 0 Å². The molecule has 1 aromatic rings. The van der Waals surface area contributed by atoms with Crippen molar-refractivity contribution in [2.75, 3.05) is 7.05 Å². The van der Waals surface area contributed by atoms with E-state index in [2.05, 4.69) is 15.6 Å². The number of halogens is 1. The molecule has 0 aromatic carbocycles. The van der Waals surface area contributed by atoms with E-state index in [0.29, 0.717) is 0 Å². The Balaban J connectivity index is 2.69. The highest BCUT2D eigenvalue weighted by Crippen LogP contribution is 2.00. The number of carbonyl (C=O) groups excluding carboxylic acids is 2. The second-order valence-electron chi connectivity index (χ2n) is 3.18. The SMILES string of the molecule is CNC(=O)C(C)NC(=O)c1ccnc(F)c1. The lowest BCUT2D eigenvalue weighted by Crippen LogP contribution is -2.43. The standard InChI is InChI=1S/C10H12FN3O2/c1-6(9(15)12-2)14-10(16)7-3-4-13-8(11)5-7/h3-6H,1-2H3,(H,12,15)(H,14,16). The van der Waals surface area contributed by atoms with Gasteiger partial charge < -0.3 is 10.6 Å². The largest absolute Gasteiger partial charge is 0.357 e. The van der Waals surface area contributed by atoms with Crippen molar-refractivity contribution in [3.05, 3.63) is 29.8 Å². The molecule has 0 saturated heterocycles. The Hall–Kier alpha value is -1.98. The Bertz CT molecular complexity index is 409. The van der Waals surface area contributed by atoms with E-state index in [1.807, 2.05) is 0 Å². The quantitative estimate of drug-likeness (QED) is 0.716. The fourth-order valence-corrected chi connectivity index (χ4v) is 1.11. The van der Waals surface area contributed by atoms with Crippen LogP contribution in [-0.2, 0) is 4.79 Å². The molecule has 5 nitrogen and oxygen atoms in total. The van der Waals surface area contributed by atoms with Crippen molar-refractivity contribution < 1.29 is 14.0 Å². The number of likely N-dealkylation sites (N-methyl/N-ethyl adjacent to an activating group) is 1. The summed E-state index contributed by atoms with van der Waals surface area (Å²) in [7, 11) is 1.47. The fraction of sp³-hybridized carbons (Fsp3) is 0.300. The van der Waals surface area contributed by atoms with E-state index < -0.39 is 17.9 Å². The first-order valence-corrected chi connectivity index (χ1v) is 4.68. The van der Waals surface area contributed by atoms with E-state index in [9.17, 15) is 14.0 Å². The van der Waals surface area contributed by atoms with E-state index in [1.54, 1.807) is 0 Å². The second-order valence-corrected chi connectivity index (χ2v) is 3.18. The maximum absolute atomic E-state index is 12.7. The molecule has 16 heavy (non-hydrogen) atoms. The third-order valence-corrected chi connectivity index (χ3v) is 1.98. The van der Waals surface area contributed by atoms with Gasteiger partial charge in [-0.2, -0.15) is 4.39 Å². The van der Waals surface area contributed by atoms with Crippen molar-refractivity contribution in [3.63, 3.8) is 0 Å². The molecule has 0 aliphatic carbocycles. The van der Waals surface area contributed by atoms with Crippen LogP contribution in [0.4, 0.5) is 4.39 Å². The van der Waals surface area contributed by atoms with Crippen molar-refractivity contribution in [2.45, 2.75) is 13.0 Å². The smallest absolute Gasteiger partial charge is 0.252 e. The highest BCUT2D eigenvalue weighted by Gasteiger charge is 2.15. The molecule has 0 aliphatic heterocycles. The van der Waals surface area contributed by atoms with Crippen LogP contribution >= 0.6 is 0 Å². The van der Waals surface area contributed by atoms with Crippen molar-refractivity contribution in [1.82, 2.24) is 15.6 Å². The number of carbonyl (C=O) groups is 2. The normalized spacial score (nSPS) is 11.7. The molecule has 2 N–H and O–H groups in total. The molecular formula is C10H12FN3O2. The summed E-state index contributed by atoms with van der Waals surface area (Å²) < 4.78 is 12.7. The molecule has 1 heterocycles. The van der Waals surface area contributed by atoms with Crippen molar-refractivity contribution in [3.8, 4) is 0 Å². The van der Waals surface area contributed by atoms with Crippen LogP contribution in [0.25, 0.3) is 0 Å². The van der Waals surface area contributed by atoms with Crippen LogP contribution in [-0.4, -0.2) is 29.9 Å². The van der Waals surface area contributed by atoms with Gasteiger partial charge in [0.25, 0.3) is 5.91 Å². The summed E-state index contributed by atoms with van der Waals surface area (Å²) >= 11 is 0. The van der Waals surface area contributed by atoms with Gasteiger partial charge in [-0.05, 0) is 13.0 Å². The summed E-state index contributed by atoms with van der Waals surface area (Å²) in [5, 5.41) is 4.82. The molecule has 0 spiro atoms. The molecular weight excluding hydrogens is 213 g/mol. The van der Waals surface area contributed by atoms with Gasteiger partial charge in [-0.1, -0.05) is 0 Å². The zero-order valence-electron chi connectivity index (χ0n) is 8.95. The van der Waals surface area contributed by atoms with Crippen LogP contribution in [0.15, 0.2) is 18.3 Å². The summed E-state index contributed by atoms with van der Waals surface area (Å²) in [5.41, 5.74) is 0.128. The van der Waals surface area contributed by atoms with Crippen LogP contribution in [0.5, 0.6) is 0 Å². The van der Waals surface area contributed by atoms with Gasteiger partial charge in [-0.3, -0.25) is 9.59 Å². The number of rotatable bonds is 3. The van der Waals surface area contributed by atoms with Crippen LogP contribution in [0.1, 0.15) is 17.3 Å². The summed E-state index contributed by atoms with van der Waals surface area (Å²) in [6.45, 7) is 1.54. The number of aromatic nitrogens is 1. The lowest BCUT2D eigenvalue weighted by atomic mass is 10.2. The van der Waals surface area contributed by atoms with Gasteiger partial charge in [-0.25, -0.2) is 4.98 Å². The van der Waals surface area contributed by atoms with E-state index in [-0.39, 0.29) is 11.5 Å². The minimum absolute atomic E-state index is 0.128. The first-order chi connectivity index (χ1) is 7.54. The Morgan fingerprint density at radius 3 is 2.75 bits per heavy atom. The Morgan fingerprint density at radius 2 is 2.19 bits per heavy atom. The van der Waals surface area contributed by atoms with E-state index in [4.69, 9.17) is 0 Å². The maximum atomic E-state index is 12.7. The number of amides is 2. The summed E-state index contributed by atoms with van der Waals surface area (Å²) in [6.07, 6.45) is 1.19. The van der Waals surface area contributed by atoms with Crippen molar-refractivity contribution in [1.29, 1.82) is 0 Å². The monoisotopic (exact) mass is 225 g/mol. The van der Waals surface area contributed by atoms with Crippen LogP contribution in [0, 0.1) is 5.95 Å². The first-order valence-electron chi connectivity index (χ1n) is 4.68. The summed E-state index contributed by atoms with van der Waals surface area (Å²) in [6, 6.07) is 1.70. The van der Waals surface area contributed by atoms with Gasteiger partial charge in [0.15, 0.2) is 0 Å². The van der Waals surface area contributed by atoms with Gasteiger partial charge in [-0.15, -0.1) is 0 Å². The molecule has 6 heteroatoms. The molecule has 0 fully saturated rings. The summed E-state index contributed by atoms with van der Waals surface area (Å²) in [4.78, 5) is 26.0. The first kappa shape index (κ1) is 12.1. The fourth-order valence-electron chi connectivity index (χ4n) is 1.11. The molecule has 0 radical (unpaired) electrons. The van der Waals surface area contributed by atoms with E-state index in [1.165, 1.54) is 26.2 Å². The van der Waals surface area contributed by atoms with Gasteiger partial charge in [0.2, 0.25) is 11.9 Å². The Kier molecular flexibility index (Phi) is 3.93. The third kappa shape index (κ3) is 3.01. The number of hydrogen-bond donors (Lipinski definition) is 2. The van der Waals surface area contributed by atoms with Gasteiger partial charge in [0.1, 0.15) is 6.04 Å². The molecule has 2 amide bonds. The zero-order chi connectivity index (χ0) is 12.1. The average molecular weight is 225 g/mol. The van der Waals surface area contributed by atoms with Gasteiger partial charge in [0, 0.05) is 24.9 Å². The molecule has 1 atom stereocenters. The summed E-state index contributed by atoms with van der Waals surface area (Å²) in [5.74, 6) is -1.57. The Morgan fingerprint density at radius 1 is 1.50 bits per heavy atom. The van der Waals surface area contributed by atoms with E-state index in [0.717, 1.165) is 6.07 Å². The number of hydrogen-bond acceptors (Lipinski definition) is 3. The third-order valence-electron chi connectivity index (χ3n) is 1.98. The van der Waals surface area contributed by atoms with Gasteiger partial charge in [0.05, 0.1) is 0 Å². The molecule has 0 bridgehead atoms. The van der Waals surface area contributed by atoms with Crippen LogP contribution in [0.2, 0.25) is 0 Å². The highest BCUT2D eigenvalue weighted by molar-refractivity contribution is 5.97. The number of nitrogens with zero attached hydrogens (tertiary/aromatic N) is 1. The predicted molar refractivity (Wildman–Crippen MR) is 55.2 cm³/mol. The number of nitrogens with one attached hydrogen (secondary N) is 2. The molecule has 1 rings (SSSR count). The van der Waals surface area contributed by atoms with Crippen LogP contribution in [0.3, 0.4) is 0 Å². The highest BCUT2D eigenvalue weighted by atomic mass is 19.1. The number of pyridine rings is 1. The molecule has 0 aliphatic rings. The molecule has 1 aromatic heterocycles. The topological polar surface area (TPSA) is 71.1 Å². The lowest BCUT2D eigenvalue weighted by molar-refractivity contribution is -0.122. The molecule has 86 valence electrons. The maximum Gasteiger partial charge on any atom is 0.252 e. The average Bonchev–Trinajstić information content (AvgIpc) is 2.27. The lowest BCUT2D eigenvalue weighted by Gasteiger charge is -2.11. The van der Waals surface area contributed by atoms with Crippen molar-refractivity contribution in [2.24, 2.45) is 0 Å². The molecule has 0 saturated carbocycles. The minimum Gasteiger partial charge on any atom is -0.357 e. The minimum atomic E-state index is -0.736. The molecule has 1 unspecified atom stereocenters. The predicted octanol–water partition coefficient (Wildman–Crippen LogP) is 0.0850. The van der Waals surface area contributed by atoms with Crippen LogP contribution < -0.4 is 10.6 Å². The van der Waals surface area contributed by atoms with Crippen molar-refractivity contribution >= 4 is 11.8 Å². The van der Waals surface area contributed by atoms with Gasteiger partial charge >= 0.3 is 0 Å². The Labute approximate surface area is 92.1 Å². The second kappa shape index (κ2) is 5.20.